The number of nitrogens with one attached hydrogen (secondary N) is 2. The molecule has 2 aliphatic rings. The number of amides is 1. The highest BCUT2D eigenvalue weighted by Crippen LogP contribution is 2.50. The van der Waals surface area contributed by atoms with Crippen LogP contribution in [-0.2, 0) is 4.74 Å². The Hall–Kier alpha value is -2.26. The Labute approximate surface area is 152 Å². The number of aromatic nitrogens is 1. The second-order valence-corrected chi connectivity index (χ2v) is 7.76. The van der Waals surface area contributed by atoms with Gasteiger partial charge < -0.3 is 15.4 Å². The summed E-state index contributed by atoms with van der Waals surface area (Å²) in [5, 5.41) is 15.5. The lowest BCUT2D eigenvalue weighted by molar-refractivity contribution is 0.0515. The average Bonchev–Trinajstić information content (AvgIpc) is 2.44. The lowest BCUT2D eigenvalue weighted by atomic mass is 9.71. The third kappa shape index (κ3) is 3.42. The molecule has 132 valence electrons. The molecule has 1 fully saturated rings. The molecule has 0 aromatic carbocycles. The maximum atomic E-state index is 12.0. The van der Waals surface area contributed by atoms with E-state index in [2.05, 4.69) is 21.7 Å². The summed E-state index contributed by atoms with van der Waals surface area (Å²) in [6.07, 6.45) is 1.50. The number of hydrogen-bond donors (Lipinski definition) is 2. The number of hydrogen-bond acceptors (Lipinski definition) is 5. The van der Waals surface area contributed by atoms with Crippen LogP contribution in [0.25, 0.3) is 0 Å². The molecule has 3 rings (SSSR count). The highest BCUT2D eigenvalue weighted by atomic mass is 35.5. The fourth-order valence-corrected chi connectivity index (χ4v) is 3.38. The van der Waals surface area contributed by atoms with Crippen LogP contribution in [0, 0.1) is 11.3 Å². The van der Waals surface area contributed by atoms with E-state index < -0.39 is 11.7 Å². The Kier molecular flexibility index (Phi) is 4.38. The van der Waals surface area contributed by atoms with Crippen molar-refractivity contribution < 1.29 is 9.53 Å². The molecule has 1 aromatic rings. The molecule has 0 saturated heterocycles. The van der Waals surface area contributed by atoms with Gasteiger partial charge in [0.2, 0.25) is 0 Å². The van der Waals surface area contributed by atoms with Crippen molar-refractivity contribution in [1.29, 1.82) is 5.26 Å². The molecule has 2 atom stereocenters. The summed E-state index contributed by atoms with van der Waals surface area (Å²) >= 11 is 6.07. The normalized spacial score (nSPS) is 19.6. The van der Waals surface area contributed by atoms with Crippen LogP contribution in [0.1, 0.15) is 57.6 Å². The van der Waals surface area contributed by atoms with Crippen molar-refractivity contribution >= 4 is 23.5 Å². The molecule has 0 radical (unpaired) electrons. The first-order valence-electron chi connectivity index (χ1n) is 8.29. The van der Waals surface area contributed by atoms with E-state index in [1.165, 1.54) is 5.57 Å². The van der Waals surface area contributed by atoms with Crippen molar-refractivity contribution in [3.05, 3.63) is 33.6 Å². The van der Waals surface area contributed by atoms with Crippen LogP contribution in [0.5, 0.6) is 0 Å². The van der Waals surface area contributed by atoms with Crippen LogP contribution in [0.15, 0.2) is 17.3 Å². The molecule has 1 aliphatic heterocycles. The highest BCUT2D eigenvalue weighted by molar-refractivity contribution is 6.30. The van der Waals surface area contributed by atoms with Gasteiger partial charge in [0, 0.05) is 17.2 Å². The largest absolute Gasteiger partial charge is 0.444 e. The minimum Gasteiger partial charge on any atom is -0.444 e. The van der Waals surface area contributed by atoms with Gasteiger partial charge >= 0.3 is 6.09 Å². The first-order chi connectivity index (χ1) is 11.7. The molecule has 2 N–H and O–H groups in total. The molecule has 1 amide bonds. The summed E-state index contributed by atoms with van der Waals surface area (Å²) < 4.78 is 5.32. The van der Waals surface area contributed by atoms with Crippen LogP contribution < -0.4 is 10.6 Å². The third-order valence-electron chi connectivity index (χ3n) is 4.39. The zero-order valence-corrected chi connectivity index (χ0v) is 15.5. The molecule has 2 heterocycles. The number of fused-ring (bicyclic) bond motifs is 3. The zero-order valence-electron chi connectivity index (χ0n) is 14.7. The van der Waals surface area contributed by atoms with Gasteiger partial charge in [-0.25, -0.2) is 9.78 Å². The van der Waals surface area contributed by atoms with E-state index in [4.69, 9.17) is 21.6 Å². The molecule has 6 nitrogen and oxygen atoms in total. The van der Waals surface area contributed by atoms with Crippen LogP contribution in [0.2, 0.25) is 5.15 Å². The predicted octanol–water partition coefficient (Wildman–Crippen LogP) is 4.08. The van der Waals surface area contributed by atoms with Gasteiger partial charge in [-0.05, 0) is 52.2 Å². The lowest BCUT2D eigenvalue weighted by Crippen LogP contribution is -2.42. The molecular formula is C18H21ClN4O2. The van der Waals surface area contributed by atoms with Crippen LogP contribution in [-0.4, -0.2) is 22.7 Å². The Morgan fingerprint density at radius 2 is 2.28 bits per heavy atom. The van der Waals surface area contributed by atoms with E-state index in [0.717, 1.165) is 24.1 Å². The topological polar surface area (TPSA) is 87.0 Å². The molecule has 1 aromatic heterocycles. The molecule has 0 spiro atoms. The van der Waals surface area contributed by atoms with Crippen LogP contribution in [0.4, 0.5) is 10.6 Å². The number of halogens is 1. The van der Waals surface area contributed by atoms with E-state index >= 15 is 0 Å². The maximum absolute atomic E-state index is 12.0. The van der Waals surface area contributed by atoms with Crippen LogP contribution in [0.3, 0.4) is 0 Å². The minimum atomic E-state index is -0.546. The van der Waals surface area contributed by atoms with Crippen molar-refractivity contribution in [3.63, 3.8) is 0 Å². The number of carbonyl (C=O) groups is 1. The monoisotopic (exact) mass is 360 g/mol. The first-order valence-corrected chi connectivity index (χ1v) is 8.67. The lowest BCUT2D eigenvalue weighted by Gasteiger charge is -2.40. The molecule has 25 heavy (non-hydrogen) atoms. The summed E-state index contributed by atoms with van der Waals surface area (Å²) in [5.41, 5.74) is 3.01. The number of carbonyl (C=O) groups excluding carboxylic acids is 1. The fourth-order valence-electron chi connectivity index (χ4n) is 3.20. The van der Waals surface area contributed by atoms with Crippen molar-refractivity contribution in [3.8, 4) is 6.07 Å². The number of anilines is 1. The number of pyridine rings is 1. The molecule has 0 bridgehead atoms. The average molecular weight is 361 g/mol. The molecule has 7 heteroatoms. The standard InChI is InChI=1S/C18H21ClN4O2/c1-9(21-17(24)25-18(2,3)4)14-12-6-5-11(12)13-7-10(8-20)15(19)23-16(13)22-14/h7,9,11H,5-6H2,1-4H3,(H,21,24)(H,22,23)/t9-,11?/m0/s1. The van der Waals surface area contributed by atoms with Crippen molar-refractivity contribution in [2.45, 2.75) is 58.1 Å². The number of alkyl carbamates (subject to hydrolysis) is 1. The predicted molar refractivity (Wildman–Crippen MR) is 95.4 cm³/mol. The van der Waals surface area contributed by atoms with E-state index in [1.807, 2.05) is 33.8 Å². The Bertz CT molecular complexity index is 805. The summed E-state index contributed by atoms with van der Waals surface area (Å²) in [4.78, 5) is 16.4. The van der Waals surface area contributed by atoms with Gasteiger partial charge in [-0.3, -0.25) is 0 Å². The van der Waals surface area contributed by atoms with Gasteiger partial charge in [-0.15, -0.1) is 0 Å². The molecule has 1 saturated carbocycles. The maximum Gasteiger partial charge on any atom is 0.408 e. The summed E-state index contributed by atoms with van der Waals surface area (Å²) in [5.74, 6) is 0.885. The molecule has 1 aliphatic carbocycles. The smallest absolute Gasteiger partial charge is 0.408 e. The number of nitriles is 1. The van der Waals surface area contributed by atoms with Crippen molar-refractivity contribution in [2.75, 3.05) is 5.32 Å². The first kappa shape index (κ1) is 17.6. The van der Waals surface area contributed by atoms with E-state index in [1.54, 1.807) is 0 Å². The van der Waals surface area contributed by atoms with Gasteiger partial charge in [0.15, 0.2) is 0 Å². The zero-order chi connectivity index (χ0) is 18.4. The fraction of sp³-hybridized carbons (Fsp3) is 0.500. The van der Waals surface area contributed by atoms with Gasteiger partial charge in [-0.2, -0.15) is 5.26 Å². The Morgan fingerprint density at radius 3 is 2.84 bits per heavy atom. The molecule has 1 unspecified atom stereocenters. The third-order valence-corrected chi connectivity index (χ3v) is 4.68. The second kappa shape index (κ2) is 6.23. The van der Waals surface area contributed by atoms with Gasteiger partial charge in [0.1, 0.15) is 22.6 Å². The molecular weight excluding hydrogens is 340 g/mol. The number of allylic oxidation sites excluding steroid dienone is 1. The Morgan fingerprint density at radius 1 is 1.56 bits per heavy atom. The quantitative estimate of drug-likeness (QED) is 0.776. The van der Waals surface area contributed by atoms with Gasteiger partial charge in [0.05, 0.1) is 11.6 Å². The second-order valence-electron chi connectivity index (χ2n) is 7.40. The van der Waals surface area contributed by atoms with Crippen molar-refractivity contribution in [1.82, 2.24) is 10.3 Å². The highest BCUT2D eigenvalue weighted by Gasteiger charge is 2.37. The summed E-state index contributed by atoms with van der Waals surface area (Å²) in [7, 11) is 0. The van der Waals surface area contributed by atoms with Gasteiger partial charge in [0.25, 0.3) is 0 Å². The van der Waals surface area contributed by atoms with Crippen molar-refractivity contribution in [2.24, 2.45) is 0 Å². The summed E-state index contributed by atoms with van der Waals surface area (Å²) in [6, 6.07) is 3.65. The van der Waals surface area contributed by atoms with E-state index in [-0.39, 0.29) is 17.1 Å². The number of rotatable bonds is 2. The van der Waals surface area contributed by atoms with E-state index in [9.17, 15) is 4.79 Å². The SMILES string of the molecule is C[C@H](NC(=O)OC(C)(C)C)C1=C2CCC2c2cc(C#N)c(Cl)nc2N1. The number of nitrogens with zero attached hydrogens (tertiary/aromatic N) is 2. The van der Waals surface area contributed by atoms with Crippen LogP contribution >= 0.6 is 11.6 Å². The Balaban J connectivity index is 1.83. The summed E-state index contributed by atoms with van der Waals surface area (Å²) in [6.45, 7) is 7.39. The number of ether oxygens (including phenoxy) is 1. The van der Waals surface area contributed by atoms with Gasteiger partial charge in [-0.1, -0.05) is 11.6 Å². The minimum absolute atomic E-state index is 0.184. The van der Waals surface area contributed by atoms with E-state index in [0.29, 0.717) is 11.4 Å².